The number of hydrazone groups is 1. The largest absolute Gasteiger partial charge is 0.504 e. The molecule has 0 bridgehead atoms. The predicted octanol–water partition coefficient (Wildman–Crippen LogP) is 4.69. The molecule has 4 aromatic rings. The fourth-order valence-electron chi connectivity index (χ4n) is 3.25. The van der Waals surface area contributed by atoms with Crippen molar-refractivity contribution in [3.8, 4) is 22.8 Å². The number of pyridine rings is 1. The highest BCUT2D eigenvalue weighted by molar-refractivity contribution is 6.07. The molecule has 1 amide bonds. The molecule has 0 radical (unpaired) electrons. The molecule has 0 atom stereocenters. The van der Waals surface area contributed by atoms with E-state index in [4.69, 9.17) is 9.72 Å². The van der Waals surface area contributed by atoms with Gasteiger partial charge in [-0.05, 0) is 42.8 Å². The molecule has 4 rings (SSSR count). The molecule has 0 unspecified atom stereocenters. The van der Waals surface area contributed by atoms with Gasteiger partial charge in [0.2, 0.25) is 0 Å². The molecule has 1 heterocycles. The number of rotatable bonds is 5. The van der Waals surface area contributed by atoms with Crippen molar-refractivity contribution in [1.29, 1.82) is 0 Å². The molecule has 0 aliphatic heterocycles. The van der Waals surface area contributed by atoms with Gasteiger partial charge in [0.25, 0.3) is 5.91 Å². The molecular formula is C25H21N3O3. The quantitative estimate of drug-likeness (QED) is 0.369. The Morgan fingerprint density at radius 2 is 1.84 bits per heavy atom. The molecule has 3 aromatic carbocycles. The van der Waals surface area contributed by atoms with Gasteiger partial charge in [-0.25, -0.2) is 10.4 Å². The van der Waals surface area contributed by atoms with Crippen LogP contribution >= 0.6 is 0 Å². The van der Waals surface area contributed by atoms with Gasteiger partial charge in [-0.2, -0.15) is 5.10 Å². The van der Waals surface area contributed by atoms with E-state index in [-0.39, 0.29) is 11.7 Å². The maximum Gasteiger partial charge on any atom is 0.272 e. The number of phenolic OH excluding ortho intramolecular Hbond substituents is 1. The molecule has 0 spiro atoms. The lowest BCUT2D eigenvalue weighted by molar-refractivity contribution is 0.0956. The van der Waals surface area contributed by atoms with Crippen molar-refractivity contribution >= 4 is 23.0 Å². The summed E-state index contributed by atoms with van der Waals surface area (Å²) in [6.07, 6.45) is 1.46. The van der Waals surface area contributed by atoms with Crippen LogP contribution in [0.25, 0.3) is 22.2 Å². The van der Waals surface area contributed by atoms with Gasteiger partial charge in [0.15, 0.2) is 11.5 Å². The number of nitrogens with zero attached hydrogens (tertiary/aromatic N) is 2. The average Bonchev–Trinajstić information content (AvgIpc) is 2.79. The van der Waals surface area contributed by atoms with Crippen LogP contribution in [-0.2, 0) is 0 Å². The number of carbonyl (C=O) groups is 1. The second kappa shape index (κ2) is 8.67. The molecule has 0 fully saturated rings. The lowest BCUT2D eigenvalue weighted by Crippen LogP contribution is -2.18. The summed E-state index contributed by atoms with van der Waals surface area (Å²) in [5.41, 5.74) is 7.21. The van der Waals surface area contributed by atoms with Crippen molar-refractivity contribution in [2.24, 2.45) is 5.10 Å². The van der Waals surface area contributed by atoms with Crippen LogP contribution in [0.15, 0.2) is 77.9 Å². The van der Waals surface area contributed by atoms with Gasteiger partial charge in [-0.3, -0.25) is 4.79 Å². The monoisotopic (exact) mass is 411 g/mol. The van der Waals surface area contributed by atoms with Crippen molar-refractivity contribution in [1.82, 2.24) is 10.4 Å². The van der Waals surface area contributed by atoms with E-state index in [2.05, 4.69) is 10.5 Å². The minimum atomic E-state index is -0.346. The number of methoxy groups -OCH3 is 1. The summed E-state index contributed by atoms with van der Waals surface area (Å²) in [5, 5.41) is 14.7. The van der Waals surface area contributed by atoms with Gasteiger partial charge in [0, 0.05) is 10.9 Å². The van der Waals surface area contributed by atoms with Gasteiger partial charge in [0.05, 0.1) is 30.1 Å². The van der Waals surface area contributed by atoms with Crippen LogP contribution in [0.4, 0.5) is 0 Å². The highest BCUT2D eigenvalue weighted by atomic mass is 16.5. The van der Waals surface area contributed by atoms with E-state index in [1.165, 1.54) is 19.4 Å². The zero-order chi connectivity index (χ0) is 21.8. The zero-order valence-electron chi connectivity index (χ0n) is 17.2. The first-order chi connectivity index (χ1) is 15.0. The van der Waals surface area contributed by atoms with Crippen LogP contribution in [0, 0.1) is 6.92 Å². The van der Waals surface area contributed by atoms with Crippen LogP contribution in [0.5, 0.6) is 11.5 Å². The average molecular weight is 411 g/mol. The number of nitrogens with one attached hydrogen (secondary N) is 1. The van der Waals surface area contributed by atoms with Crippen molar-refractivity contribution in [3.63, 3.8) is 0 Å². The van der Waals surface area contributed by atoms with E-state index < -0.39 is 0 Å². The van der Waals surface area contributed by atoms with Gasteiger partial charge in [-0.15, -0.1) is 0 Å². The van der Waals surface area contributed by atoms with E-state index in [0.29, 0.717) is 22.6 Å². The second-order valence-corrected chi connectivity index (χ2v) is 7.07. The van der Waals surface area contributed by atoms with E-state index in [1.54, 1.807) is 18.2 Å². The summed E-state index contributed by atoms with van der Waals surface area (Å²) in [4.78, 5) is 17.6. The first-order valence-corrected chi connectivity index (χ1v) is 9.72. The summed E-state index contributed by atoms with van der Waals surface area (Å²) in [5.74, 6) is 0.0228. The van der Waals surface area contributed by atoms with Crippen molar-refractivity contribution in [3.05, 3.63) is 89.5 Å². The second-order valence-electron chi connectivity index (χ2n) is 7.07. The highest BCUT2D eigenvalue weighted by Crippen LogP contribution is 2.26. The van der Waals surface area contributed by atoms with Crippen LogP contribution < -0.4 is 10.2 Å². The van der Waals surface area contributed by atoms with Gasteiger partial charge >= 0.3 is 0 Å². The molecule has 6 nitrogen and oxygen atoms in total. The lowest BCUT2D eigenvalue weighted by Gasteiger charge is -2.09. The topological polar surface area (TPSA) is 83.8 Å². The normalized spacial score (nSPS) is 11.0. The molecule has 0 aliphatic carbocycles. The van der Waals surface area contributed by atoms with Crippen LogP contribution in [-0.4, -0.2) is 29.3 Å². The summed E-state index contributed by atoms with van der Waals surface area (Å²) in [6.45, 7) is 2.02. The molecule has 0 aliphatic rings. The summed E-state index contributed by atoms with van der Waals surface area (Å²) in [6, 6.07) is 22.2. The third-order valence-electron chi connectivity index (χ3n) is 4.89. The number of aromatic nitrogens is 1. The van der Waals surface area contributed by atoms with Crippen molar-refractivity contribution < 1.29 is 14.6 Å². The smallest absolute Gasteiger partial charge is 0.272 e. The number of benzene rings is 3. The van der Waals surface area contributed by atoms with Crippen LogP contribution in [0.1, 0.15) is 21.5 Å². The Labute approximate surface area is 179 Å². The number of hydrogen-bond donors (Lipinski definition) is 2. The fourth-order valence-corrected chi connectivity index (χ4v) is 3.25. The van der Waals surface area contributed by atoms with E-state index in [1.807, 2.05) is 55.5 Å². The Morgan fingerprint density at radius 3 is 2.58 bits per heavy atom. The number of carbonyl (C=O) groups excluding carboxylic acids is 1. The van der Waals surface area contributed by atoms with Crippen LogP contribution in [0.2, 0.25) is 0 Å². The number of amides is 1. The number of ether oxygens (including phenoxy) is 1. The number of hydrogen-bond acceptors (Lipinski definition) is 5. The predicted molar refractivity (Wildman–Crippen MR) is 122 cm³/mol. The minimum absolute atomic E-state index is 0.000596. The first kappa shape index (κ1) is 20.1. The third kappa shape index (κ3) is 4.38. The number of aryl methyl sites for hydroxylation is 1. The summed E-state index contributed by atoms with van der Waals surface area (Å²) in [7, 11) is 1.48. The minimum Gasteiger partial charge on any atom is -0.504 e. The maximum atomic E-state index is 12.9. The van der Waals surface area contributed by atoms with Crippen molar-refractivity contribution in [2.75, 3.05) is 7.11 Å². The molecule has 154 valence electrons. The maximum absolute atomic E-state index is 12.9. The third-order valence-corrected chi connectivity index (χ3v) is 4.89. The number of fused-ring (bicyclic) bond motifs is 1. The van der Waals surface area contributed by atoms with Gasteiger partial charge < -0.3 is 9.84 Å². The van der Waals surface area contributed by atoms with Crippen molar-refractivity contribution in [2.45, 2.75) is 6.92 Å². The summed E-state index contributed by atoms with van der Waals surface area (Å²) >= 11 is 0. The Hall–Kier alpha value is -4.19. The zero-order valence-corrected chi connectivity index (χ0v) is 17.2. The molecule has 6 heteroatoms. The fraction of sp³-hybridized carbons (Fsp3) is 0.0800. The Morgan fingerprint density at radius 1 is 1.06 bits per heavy atom. The Balaban J connectivity index is 1.64. The molecule has 2 N–H and O–H groups in total. The van der Waals surface area contributed by atoms with Gasteiger partial charge in [-0.1, -0.05) is 48.0 Å². The van der Waals surface area contributed by atoms with Gasteiger partial charge in [0.1, 0.15) is 0 Å². The number of phenols is 1. The molecule has 1 aromatic heterocycles. The van der Waals surface area contributed by atoms with E-state index in [0.717, 1.165) is 22.0 Å². The first-order valence-electron chi connectivity index (χ1n) is 9.72. The standard InChI is InChI=1S/C25H21N3O3/c1-16-7-10-18(11-8-16)22-14-20(19-5-3-4-6-21(19)27-22)25(30)28-26-15-17-9-12-24(31-2)23(29)13-17/h3-15,29H,1-2H3,(H,28,30)/b26-15-. The lowest BCUT2D eigenvalue weighted by atomic mass is 10.0. The molecule has 0 saturated carbocycles. The molecular weight excluding hydrogens is 390 g/mol. The number of aromatic hydroxyl groups is 1. The number of para-hydroxylation sites is 1. The summed E-state index contributed by atoms with van der Waals surface area (Å²) < 4.78 is 5.03. The van der Waals surface area contributed by atoms with E-state index >= 15 is 0 Å². The Kier molecular flexibility index (Phi) is 5.62. The Bertz CT molecular complexity index is 1280. The molecule has 0 saturated heterocycles. The highest BCUT2D eigenvalue weighted by Gasteiger charge is 2.13. The van der Waals surface area contributed by atoms with Crippen LogP contribution in [0.3, 0.4) is 0 Å². The molecule has 31 heavy (non-hydrogen) atoms. The SMILES string of the molecule is COc1ccc(/C=N\NC(=O)c2cc(-c3ccc(C)cc3)nc3ccccc23)cc1O. The van der Waals surface area contributed by atoms with E-state index in [9.17, 15) is 9.90 Å².